The monoisotopic (exact) mass is 287 g/mol. The van der Waals surface area contributed by atoms with Gasteiger partial charge in [-0.05, 0) is 51.0 Å². The summed E-state index contributed by atoms with van der Waals surface area (Å²) in [6.45, 7) is 3.25. The Balaban J connectivity index is 1.80. The average Bonchev–Trinajstić information content (AvgIpc) is 3.05. The predicted octanol–water partition coefficient (Wildman–Crippen LogP) is 2.90. The molecule has 2 fully saturated rings. The first kappa shape index (κ1) is 15.3. The number of nitrogens with one attached hydrogen (secondary N) is 1. The molecule has 0 aromatic carbocycles. The van der Waals surface area contributed by atoms with Crippen molar-refractivity contribution in [1.82, 2.24) is 5.32 Å². The van der Waals surface area contributed by atoms with E-state index in [1.54, 1.807) is 0 Å². The fourth-order valence-electron chi connectivity index (χ4n) is 3.71. The maximum Gasteiger partial charge on any atom is 0.153 e. The zero-order chi connectivity index (χ0) is 13.7. The zero-order valence-electron chi connectivity index (χ0n) is 12.2. The Kier molecular flexibility index (Phi) is 5.70. The summed E-state index contributed by atoms with van der Waals surface area (Å²) < 4.78 is 24.6. The molecule has 2 unspecified atom stereocenters. The van der Waals surface area contributed by atoms with Gasteiger partial charge < -0.3 is 5.32 Å². The van der Waals surface area contributed by atoms with Gasteiger partial charge in [-0.25, -0.2) is 8.42 Å². The Bertz CT molecular complexity index is 360. The Labute approximate surface area is 118 Å². The van der Waals surface area contributed by atoms with Crippen LogP contribution in [0.4, 0.5) is 0 Å². The molecule has 112 valence electrons. The van der Waals surface area contributed by atoms with Gasteiger partial charge in [-0.15, -0.1) is 0 Å². The van der Waals surface area contributed by atoms with Crippen LogP contribution < -0.4 is 5.32 Å². The molecule has 0 amide bonds. The maximum absolute atomic E-state index is 12.3. The van der Waals surface area contributed by atoms with E-state index >= 15 is 0 Å². The Hall–Kier alpha value is -0.0900. The summed E-state index contributed by atoms with van der Waals surface area (Å²) in [6, 6.07) is 0.568. The van der Waals surface area contributed by atoms with E-state index in [0.717, 1.165) is 45.1 Å². The lowest BCUT2D eigenvalue weighted by molar-refractivity contribution is 0.391. The van der Waals surface area contributed by atoms with Crippen LogP contribution >= 0.6 is 0 Å². The summed E-state index contributed by atoms with van der Waals surface area (Å²) in [5.74, 6) is 1.01. The van der Waals surface area contributed by atoms with Crippen molar-refractivity contribution in [3.05, 3.63) is 0 Å². The molecular formula is C15H29NO2S. The highest BCUT2D eigenvalue weighted by Crippen LogP contribution is 2.31. The molecule has 3 nitrogen and oxygen atoms in total. The van der Waals surface area contributed by atoms with Crippen molar-refractivity contribution in [2.45, 2.75) is 76.0 Å². The summed E-state index contributed by atoms with van der Waals surface area (Å²) >= 11 is 0. The number of hydrogen-bond donors (Lipinski definition) is 1. The van der Waals surface area contributed by atoms with Crippen LogP contribution in [-0.4, -0.2) is 32.0 Å². The third kappa shape index (κ3) is 4.19. The molecule has 0 radical (unpaired) electrons. The van der Waals surface area contributed by atoms with Crippen molar-refractivity contribution in [2.24, 2.45) is 5.92 Å². The van der Waals surface area contributed by atoms with Gasteiger partial charge in [-0.1, -0.05) is 26.2 Å². The van der Waals surface area contributed by atoms with Gasteiger partial charge in [-0.2, -0.15) is 0 Å². The van der Waals surface area contributed by atoms with Crippen LogP contribution in [0.5, 0.6) is 0 Å². The van der Waals surface area contributed by atoms with Crippen LogP contribution in [-0.2, 0) is 9.84 Å². The van der Waals surface area contributed by atoms with Crippen LogP contribution in [0, 0.1) is 5.92 Å². The third-order valence-corrected chi connectivity index (χ3v) is 7.19. The molecule has 1 N–H and O–H groups in total. The number of hydrogen-bond acceptors (Lipinski definition) is 3. The van der Waals surface area contributed by atoms with E-state index < -0.39 is 9.84 Å². The van der Waals surface area contributed by atoms with E-state index in [0.29, 0.717) is 17.7 Å². The predicted molar refractivity (Wildman–Crippen MR) is 80.1 cm³/mol. The second kappa shape index (κ2) is 7.07. The molecule has 0 spiro atoms. The summed E-state index contributed by atoms with van der Waals surface area (Å²) in [6.07, 6.45) is 9.76. The van der Waals surface area contributed by atoms with Crippen molar-refractivity contribution in [1.29, 1.82) is 0 Å². The molecule has 19 heavy (non-hydrogen) atoms. The van der Waals surface area contributed by atoms with E-state index in [-0.39, 0.29) is 5.25 Å². The Morgan fingerprint density at radius 1 is 1.05 bits per heavy atom. The molecule has 0 aromatic rings. The van der Waals surface area contributed by atoms with Gasteiger partial charge in [0.2, 0.25) is 0 Å². The summed E-state index contributed by atoms with van der Waals surface area (Å²) in [5, 5.41) is 3.57. The van der Waals surface area contributed by atoms with E-state index in [1.165, 1.54) is 19.3 Å². The van der Waals surface area contributed by atoms with E-state index in [1.807, 2.05) is 0 Å². The van der Waals surface area contributed by atoms with E-state index in [2.05, 4.69) is 12.2 Å². The molecular weight excluding hydrogens is 258 g/mol. The van der Waals surface area contributed by atoms with E-state index in [4.69, 9.17) is 0 Å². The Morgan fingerprint density at radius 3 is 2.47 bits per heavy atom. The molecule has 4 heteroatoms. The topological polar surface area (TPSA) is 46.2 Å². The standard InChI is InChI=1S/C15H29NO2S/c1-2-11-16-15-9-5-6-13(15)10-12-19(17,18)14-7-3-4-8-14/h13-16H,2-12H2,1H3. The van der Waals surface area contributed by atoms with Gasteiger partial charge in [0.05, 0.1) is 11.0 Å². The van der Waals surface area contributed by atoms with Crippen molar-refractivity contribution in [3.8, 4) is 0 Å². The summed E-state index contributed by atoms with van der Waals surface area (Å²) in [7, 11) is -2.82. The van der Waals surface area contributed by atoms with Crippen molar-refractivity contribution < 1.29 is 8.42 Å². The first-order valence-corrected chi connectivity index (χ1v) is 9.80. The van der Waals surface area contributed by atoms with Crippen LogP contribution in [0.1, 0.15) is 64.7 Å². The minimum Gasteiger partial charge on any atom is -0.314 e. The van der Waals surface area contributed by atoms with Gasteiger partial charge in [0.15, 0.2) is 9.84 Å². The normalized spacial score (nSPS) is 29.1. The van der Waals surface area contributed by atoms with Crippen molar-refractivity contribution >= 4 is 9.84 Å². The maximum atomic E-state index is 12.3. The fraction of sp³-hybridized carbons (Fsp3) is 1.00. The van der Waals surface area contributed by atoms with E-state index in [9.17, 15) is 8.42 Å². The molecule has 0 aliphatic heterocycles. The molecule has 0 aromatic heterocycles. The van der Waals surface area contributed by atoms with Crippen LogP contribution in [0.3, 0.4) is 0 Å². The third-order valence-electron chi connectivity index (χ3n) is 4.90. The first-order valence-electron chi connectivity index (χ1n) is 8.08. The van der Waals surface area contributed by atoms with Crippen molar-refractivity contribution in [3.63, 3.8) is 0 Å². The highest BCUT2D eigenvalue weighted by Gasteiger charge is 2.32. The van der Waals surface area contributed by atoms with Crippen molar-refractivity contribution in [2.75, 3.05) is 12.3 Å². The lowest BCUT2D eigenvalue weighted by Crippen LogP contribution is -2.34. The SMILES string of the molecule is CCCNC1CCCC1CCS(=O)(=O)C1CCCC1. The smallest absolute Gasteiger partial charge is 0.153 e. The highest BCUT2D eigenvalue weighted by atomic mass is 32.2. The molecule has 0 bridgehead atoms. The fourth-order valence-corrected chi connectivity index (χ4v) is 5.73. The number of sulfone groups is 1. The average molecular weight is 287 g/mol. The molecule has 0 heterocycles. The second-order valence-electron chi connectivity index (χ2n) is 6.31. The molecule has 2 atom stereocenters. The molecule has 2 aliphatic rings. The van der Waals surface area contributed by atoms with Gasteiger partial charge in [0, 0.05) is 6.04 Å². The minimum absolute atomic E-state index is 0.0176. The van der Waals surface area contributed by atoms with Crippen LogP contribution in [0.15, 0.2) is 0 Å². The van der Waals surface area contributed by atoms with Gasteiger partial charge in [0.25, 0.3) is 0 Å². The molecule has 0 saturated heterocycles. The van der Waals surface area contributed by atoms with Crippen LogP contribution in [0.2, 0.25) is 0 Å². The summed E-state index contributed by atoms with van der Waals surface area (Å²) in [5.41, 5.74) is 0. The van der Waals surface area contributed by atoms with Gasteiger partial charge in [-0.3, -0.25) is 0 Å². The van der Waals surface area contributed by atoms with Crippen LogP contribution in [0.25, 0.3) is 0 Å². The van der Waals surface area contributed by atoms with Gasteiger partial charge in [0.1, 0.15) is 0 Å². The molecule has 2 rings (SSSR count). The lowest BCUT2D eigenvalue weighted by Gasteiger charge is -2.21. The first-order chi connectivity index (χ1) is 9.13. The highest BCUT2D eigenvalue weighted by molar-refractivity contribution is 7.92. The Morgan fingerprint density at radius 2 is 1.79 bits per heavy atom. The summed E-state index contributed by atoms with van der Waals surface area (Å²) in [4.78, 5) is 0. The lowest BCUT2D eigenvalue weighted by atomic mass is 10.0. The quantitative estimate of drug-likeness (QED) is 0.783. The van der Waals surface area contributed by atoms with Gasteiger partial charge >= 0.3 is 0 Å². The minimum atomic E-state index is -2.82. The molecule has 2 saturated carbocycles. The second-order valence-corrected chi connectivity index (χ2v) is 8.71. The largest absolute Gasteiger partial charge is 0.314 e. The zero-order valence-corrected chi connectivity index (χ0v) is 13.1. The molecule has 2 aliphatic carbocycles. The number of rotatable bonds is 7.